The molecule has 4 aromatic rings. The second-order valence-electron chi connectivity index (χ2n) is 6.55. The Balaban J connectivity index is 1.61. The maximum Gasteiger partial charge on any atom is 0.237 e. The summed E-state index contributed by atoms with van der Waals surface area (Å²) in [7, 11) is 0. The monoisotopic (exact) mass is 391 g/mol. The number of thioether (sulfide) groups is 1. The van der Waals surface area contributed by atoms with Crippen LogP contribution in [0.15, 0.2) is 59.8 Å². The summed E-state index contributed by atoms with van der Waals surface area (Å²) in [6.07, 6.45) is 0.996. The lowest BCUT2D eigenvalue weighted by atomic mass is 10.2. The fourth-order valence-corrected chi connectivity index (χ4v) is 3.88. The molecule has 142 valence electrons. The van der Waals surface area contributed by atoms with Crippen molar-refractivity contribution in [3.05, 3.63) is 54.6 Å². The Labute approximate surface area is 167 Å². The highest BCUT2D eigenvalue weighted by molar-refractivity contribution is 8.00. The summed E-state index contributed by atoms with van der Waals surface area (Å²) in [6.45, 7) is 4.84. The van der Waals surface area contributed by atoms with Crippen molar-refractivity contribution in [1.29, 1.82) is 0 Å². The maximum absolute atomic E-state index is 12.5. The van der Waals surface area contributed by atoms with Gasteiger partial charge in [0.1, 0.15) is 5.52 Å². The van der Waals surface area contributed by atoms with Gasteiger partial charge >= 0.3 is 0 Å². The van der Waals surface area contributed by atoms with Gasteiger partial charge in [-0.1, -0.05) is 55.1 Å². The number of fused-ring (bicyclic) bond motifs is 3. The van der Waals surface area contributed by atoms with Gasteiger partial charge in [-0.25, -0.2) is 4.98 Å². The number of rotatable bonds is 6. The van der Waals surface area contributed by atoms with E-state index in [4.69, 9.17) is 4.98 Å². The quantitative estimate of drug-likeness (QED) is 0.490. The van der Waals surface area contributed by atoms with Crippen LogP contribution in [0, 0.1) is 0 Å². The van der Waals surface area contributed by atoms with E-state index in [0.717, 1.165) is 40.7 Å². The van der Waals surface area contributed by atoms with Crippen molar-refractivity contribution < 1.29 is 4.79 Å². The largest absolute Gasteiger partial charge is 0.325 e. The number of aromatic nitrogens is 4. The van der Waals surface area contributed by atoms with Gasteiger partial charge in [-0.2, -0.15) is 0 Å². The zero-order valence-corrected chi connectivity index (χ0v) is 16.6. The van der Waals surface area contributed by atoms with E-state index >= 15 is 0 Å². The second kappa shape index (κ2) is 7.98. The maximum atomic E-state index is 12.5. The smallest absolute Gasteiger partial charge is 0.237 e. The van der Waals surface area contributed by atoms with Gasteiger partial charge in [0.15, 0.2) is 5.65 Å². The third-order valence-corrected chi connectivity index (χ3v) is 5.45. The van der Waals surface area contributed by atoms with E-state index < -0.39 is 0 Å². The van der Waals surface area contributed by atoms with Crippen LogP contribution >= 0.6 is 11.8 Å². The van der Waals surface area contributed by atoms with Crippen LogP contribution < -0.4 is 5.32 Å². The molecule has 4 rings (SSSR count). The van der Waals surface area contributed by atoms with Crippen molar-refractivity contribution >= 4 is 45.4 Å². The van der Waals surface area contributed by atoms with E-state index in [-0.39, 0.29) is 11.2 Å². The van der Waals surface area contributed by atoms with Crippen LogP contribution in [0.1, 0.15) is 20.3 Å². The van der Waals surface area contributed by atoms with Gasteiger partial charge in [-0.15, -0.1) is 10.2 Å². The van der Waals surface area contributed by atoms with E-state index in [1.807, 2.05) is 55.5 Å². The van der Waals surface area contributed by atoms with Crippen LogP contribution in [0.4, 0.5) is 5.69 Å². The Morgan fingerprint density at radius 3 is 2.64 bits per heavy atom. The molecular formula is C21H21N5OS. The molecule has 7 heteroatoms. The fraction of sp³-hybridized carbons (Fsp3) is 0.238. The van der Waals surface area contributed by atoms with Crippen LogP contribution in [-0.4, -0.2) is 30.9 Å². The minimum Gasteiger partial charge on any atom is -0.325 e. The van der Waals surface area contributed by atoms with Crippen LogP contribution in [-0.2, 0) is 11.3 Å². The molecule has 0 aliphatic carbocycles. The molecular weight excluding hydrogens is 370 g/mol. The predicted octanol–water partition coefficient (Wildman–Crippen LogP) is 4.51. The summed E-state index contributed by atoms with van der Waals surface area (Å²) in [5, 5.41) is 12.8. The van der Waals surface area contributed by atoms with Crippen LogP contribution in [0.3, 0.4) is 0 Å². The molecule has 1 atom stereocenters. The molecule has 1 N–H and O–H groups in total. The van der Waals surface area contributed by atoms with Crippen LogP contribution in [0.5, 0.6) is 0 Å². The zero-order valence-electron chi connectivity index (χ0n) is 15.8. The first kappa shape index (κ1) is 18.4. The van der Waals surface area contributed by atoms with Gasteiger partial charge in [-0.05, 0) is 31.5 Å². The molecule has 0 fully saturated rings. The number of hydrogen-bond acceptors (Lipinski definition) is 5. The average molecular weight is 392 g/mol. The van der Waals surface area contributed by atoms with Gasteiger partial charge in [0, 0.05) is 17.6 Å². The zero-order chi connectivity index (χ0) is 19.5. The summed E-state index contributed by atoms with van der Waals surface area (Å²) in [5.41, 5.74) is 3.50. The third kappa shape index (κ3) is 3.57. The highest BCUT2D eigenvalue weighted by atomic mass is 32.2. The minimum atomic E-state index is -0.344. The number of benzene rings is 2. The summed E-state index contributed by atoms with van der Waals surface area (Å²) in [6, 6.07) is 17.6. The number of aryl methyl sites for hydroxylation is 1. The number of nitrogens with zero attached hydrogens (tertiary/aromatic N) is 4. The molecule has 28 heavy (non-hydrogen) atoms. The van der Waals surface area contributed by atoms with Gasteiger partial charge < -0.3 is 9.88 Å². The summed E-state index contributed by atoms with van der Waals surface area (Å²) in [5.74, 6) is -0.0889. The Bertz CT molecular complexity index is 1130. The number of amides is 1. The summed E-state index contributed by atoms with van der Waals surface area (Å²) in [4.78, 5) is 17.2. The van der Waals surface area contributed by atoms with Crippen molar-refractivity contribution in [2.75, 3.05) is 5.32 Å². The highest BCUT2D eigenvalue weighted by Gasteiger charge is 2.19. The molecule has 0 aliphatic heterocycles. The topological polar surface area (TPSA) is 72.7 Å². The highest BCUT2D eigenvalue weighted by Crippen LogP contribution is 2.28. The Morgan fingerprint density at radius 1 is 1.11 bits per heavy atom. The Morgan fingerprint density at radius 2 is 1.86 bits per heavy atom. The number of anilines is 1. The molecule has 0 saturated heterocycles. The molecule has 2 aromatic heterocycles. The third-order valence-electron chi connectivity index (χ3n) is 4.49. The lowest BCUT2D eigenvalue weighted by Crippen LogP contribution is -2.22. The first-order valence-electron chi connectivity index (χ1n) is 9.31. The van der Waals surface area contributed by atoms with Crippen molar-refractivity contribution in [1.82, 2.24) is 19.7 Å². The SMILES string of the molecule is CCCn1c2ccccc2c2nnc(S[C@H](C)C(=O)Nc3ccccc3)nc21. The Hall–Kier alpha value is -2.93. The fourth-order valence-electron chi connectivity index (χ4n) is 3.17. The summed E-state index contributed by atoms with van der Waals surface area (Å²) >= 11 is 1.31. The first-order valence-corrected chi connectivity index (χ1v) is 10.2. The van der Waals surface area contributed by atoms with Crippen LogP contribution in [0.2, 0.25) is 0 Å². The molecule has 2 aromatic carbocycles. The summed E-state index contributed by atoms with van der Waals surface area (Å²) < 4.78 is 2.18. The van der Waals surface area contributed by atoms with E-state index in [1.54, 1.807) is 0 Å². The molecule has 0 radical (unpaired) electrons. The molecule has 2 heterocycles. The number of hydrogen-bond donors (Lipinski definition) is 1. The van der Waals surface area contributed by atoms with Gasteiger partial charge in [0.05, 0.1) is 10.8 Å². The lowest BCUT2D eigenvalue weighted by Gasteiger charge is -2.11. The molecule has 0 saturated carbocycles. The van der Waals surface area contributed by atoms with Crippen LogP contribution in [0.25, 0.3) is 22.1 Å². The van der Waals surface area contributed by atoms with E-state index in [0.29, 0.717) is 5.16 Å². The molecule has 0 unspecified atom stereocenters. The molecule has 1 amide bonds. The van der Waals surface area contributed by atoms with Crippen molar-refractivity contribution in [2.24, 2.45) is 0 Å². The molecule has 0 spiro atoms. The van der Waals surface area contributed by atoms with Gasteiger partial charge in [0.2, 0.25) is 11.1 Å². The predicted molar refractivity (Wildman–Crippen MR) is 114 cm³/mol. The number of carbonyl (C=O) groups is 1. The van der Waals surface area contributed by atoms with Crippen molar-refractivity contribution in [3.8, 4) is 0 Å². The normalized spacial score (nSPS) is 12.4. The van der Waals surface area contributed by atoms with Gasteiger partial charge in [0.25, 0.3) is 0 Å². The lowest BCUT2D eigenvalue weighted by molar-refractivity contribution is -0.115. The van der Waals surface area contributed by atoms with E-state index in [9.17, 15) is 4.79 Å². The number of carbonyl (C=O) groups excluding carboxylic acids is 1. The molecule has 0 bridgehead atoms. The Kier molecular flexibility index (Phi) is 5.25. The van der Waals surface area contributed by atoms with E-state index in [1.165, 1.54) is 11.8 Å². The molecule has 0 aliphatic rings. The van der Waals surface area contributed by atoms with Crippen molar-refractivity contribution in [2.45, 2.75) is 37.2 Å². The number of para-hydroxylation sites is 2. The standard InChI is InChI=1S/C21H21N5OS/c1-3-13-26-17-12-8-7-11-16(17)18-19(26)23-21(25-24-18)28-14(2)20(27)22-15-9-5-4-6-10-15/h4-12,14H,3,13H2,1-2H3,(H,22,27)/t14-/m1/s1. The second-order valence-corrected chi connectivity index (χ2v) is 7.86. The minimum absolute atomic E-state index is 0.0889. The van der Waals surface area contributed by atoms with E-state index in [2.05, 4.69) is 33.1 Å². The number of nitrogens with one attached hydrogen (secondary N) is 1. The van der Waals surface area contributed by atoms with Gasteiger partial charge in [-0.3, -0.25) is 4.79 Å². The molecule has 6 nitrogen and oxygen atoms in total. The average Bonchev–Trinajstić information content (AvgIpc) is 3.02. The first-order chi connectivity index (χ1) is 13.7. The van der Waals surface area contributed by atoms with Crippen molar-refractivity contribution in [3.63, 3.8) is 0 Å².